The van der Waals surface area contributed by atoms with Gasteiger partial charge in [0, 0.05) is 42.8 Å². The van der Waals surface area contributed by atoms with E-state index in [-0.39, 0.29) is 16.7 Å². The highest BCUT2D eigenvalue weighted by Crippen LogP contribution is 2.34. The first-order valence-electron chi connectivity index (χ1n) is 8.65. The Balaban J connectivity index is 1.71. The van der Waals surface area contributed by atoms with Gasteiger partial charge in [-0.1, -0.05) is 30.3 Å². The van der Waals surface area contributed by atoms with E-state index in [1.54, 1.807) is 12.1 Å². The molecule has 1 aliphatic rings. The zero-order chi connectivity index (χ0) is 18.8. The Morgan fingerprint density at radius 1 is 1.07 bits per heavy atom. The number of hydrogen-bond acceptors (Lipinski definition) is 3. The molecule has 0 amide bonds. The number of thiocarbonyl (C=S) groups is 1. The number of fused-ring (bicyclic) bond motifs is 1. The number of aromatic nitrogens is 1. The topological polar surface area (TPSA) is 63.3 Å². The predicted molar refractivity (Wildman–Crippen MR) is 109 cm³/mol. The second-order valence-corrected chi connectivity index (χ2v) is 6.76. The number of rotatable bonds is 3. The summed E-state index contributed by atoms with van der Waals surface area (Å²) in [4.78, 5) is 13.0. The summed E-state index contributed by atoms with van der Waals surface area (Å²) in [5, 5.41) is 15.1. The lowest BCUT2D eigenvalue weighted by atomic mass is 10.00. The number of nitro benzene ring substituents is 1. The zero-order valence-corrected chi connectivity index (χ0v) is 15.3. The minimum absolute atomic E-state index is 0.0815. The summed E-state index contributed by atoms with van der Waals surface area (Å²) < 4.78 is 2.17. The van der Waals surface area contributed by atoms with Gasteiger partial charge in [-0.3, -0.25) is 10.1 Å². The van der Waals surface area contributed by atoms with Gasteiger partial charge in [-0.15, -0.1) is 0 Å². The number of benzene rings is 2. The van der Waals surface area contributed by atoms with Crippen LogP contribution in [-0.2, 0) is 6.54 Å². The maximum Gasteiger partial charge on any atom is 0.269 e. The summed E-state index contributed by atoms with van der Waals surface area (Å²) in [5.74, 6) is 0. The van der Waals surface area contributed by atoms with Gasteiger partial charge in [0.15, 0.2) is 5.11 Å². The Labute approximate surface area is 162 Å². The van der Waals surface area contributed by atoms with Crippen molar-refractivity contribution in [1.29, 1.82) is 0 Å². The molecule has 3 aromatic rings. The van der Waals surface area contributed by atoms with Crippen LogP contribution in [0.15, 0.2) is 72.9 Å². The quantitative estimate of drug-likeness (QED) is 0.420. The van der Waals surface area contributed by atoms with Crippen molar-refractivity contribution in [3.8, 4) is 0 Å². The van der Waals surface area contributed by atoms with Crippen molar-refractivity contribution < 1.29 is 4.92 Å². The van der Waals surface area contributed by atoms with Crippen molar-refractivity contribution in [2.75, 3.05) is 11.9 Å². The lowest BCUT2D eigenvalue weighted by Gasteiger charge is -2.39. The molecule has 136 valence electrons. The number of anilines is 1. The SMILES string of the molecule is O=[N+]([O-])c1cccc([C@H]2c3cccn3CCN2C(=S)Nc2ccccc2)c1. The van der Waals surface area contributed by atoms with E-state index in [9.17, 15) is 10.1 Å². The molecule has 0 saturated carbocycles. The van der Waals surface area contributed by atoms with Crippen LogP contribution in [0, 0.1) is 10.1 Å². The average Bonchev–Trinajstić information content (AvgIpc) is 3.16. The van der Waals surface area contributed by atoms with Gasteiger partial charge in [-0.25, -0.2) is 0 Å². The van der Waals surface area contributed by atoms with Crippen LogP contribution in [0.5, 0.6) is 0 Å². The number of para-hydroxylation sites is 1. The first-order valence-corrected chi connectivity index (χ1v) is 9.06. The molecular formula is C20H18N4O2S. The fraction of sp³-hybridized carbons (Fsp3) is 0.150. The zero-order valence-electron chi connectivity index (χ0n) is 14.5. The maximum atomic E-state index is 11.2. The van der Waals surface area contributed by atoms with Gasteiger partial charge >= 0.3 is 0 Å². The monoisotopic (exact) mass is 378 g/mol. The van der Waals surface area contributed by atoms with Gasteiger partial charge in [0.1, 0.15) is 0 Å². The smallest absolute Gasteiger partial charge is 0.269 e. The summed E-state index contributed by atoms with van der Waals surface area (Å²) in [6, 6.07) is 20.4. The molecule has 6 nitrogen and oxygen atoms in total. The number of nitrogens with zero attached hydrogens (tertiary/aromatic N) is 3. The van der Waals surface area contributed by atoms with E-state index in [0.717, 1.165) is 23.5 Å². The summed E-state index contributed by atoms with van der Waals surface area (Å²) in [7, 11) is 0. The molecule has 27 heavy (non-hydrogen) atoms. The standard InChI is InChI=1S/C20H18N4O2S/c25-24(26)17-9-4-6-15(14-17)19-18-10-5-11-22(18)12-13-23(19)20(27)21-16-7-2-1-3-8-16/h1-11,14,19H,12-13H2,(H,21,27)/t19-/m0/s1. The second kappa shape index (κ2) is 7.20. The fourth-order valence-electron chi connectivity index (χ4n) is 3.48. The fourth-order valence-corrected chi connectivity index (χ4v) is 3.79. The second-order valence-electron chi connectivity index (χ2n) is 6.37. The third-order valence-electron chi connectivity index (χ3n) is 4.72. The lowest BCUT2D eigenvalue weighted by Crippen LogP contribution is -2.44. The molecular weight excluding hydrogens is 360 g/mol. The van der Waals surface area contributed by atoms with Crippen molar-refractivity contribution in [3.05, 3.63) is 94.3 Å². The van der Waals surface area contributed by atoms with Gasteiger partial charge in [-0.05, 0) is 42.0 Å². The molecule has 0 bridgehead atoms. The minimum Gasteiger partial charge on any atom is -0.348 e. The summed E-state index contributed by atoms with van der Waals surface area (Å²) in [6.45, 7) is 1.53. The van der Waals surface area contributed by atoms with Gasteiger partial charge in [0.25, 0.3) is 5.69 Å². The molecule has 1 aromatic heterocycles. The average molecular weight is 378 g/mol. The van der Waals surface area contributed by atoms with E-state index in [1.807, 2.05) is 54.7 Å². The Hall–Kier alpha value is -3.19. The van der Waals surface area contributed by atoms with Crippen LogP contribution in [0.1, 0.15) is 17.3 Å². The van der Waals surface area contributed by atoms with Crippen LogP contribution in [0.2, 0.25) is 0 Å². The Morgan fingerprint density at radius 2 is 1.89 bits per heavy atom. The Kier molecular flexibility index (Phi) is 4.60. The first kappa shape index (κ1) is 17.2. The highest BCUT2D eigenvalue weighted by Gasteiger charge is 2.31. The molecule has 0 spiro atoms. The van der Waals surface area contributed by atoms with Crippen molar-refractivity contribution in [2.24, 2.45) is 0 Å². The Bertz CT molecular complexity index is 986. The van der Waals surface area contributed by atoms with E-state index in [0.29, 0.717) is 11.7 Å². The maximum absolute atomic E-state index is 11.2. The Morgan fingerprint density at radius 3 is 2.67 bits per heavy atom. The molecule has 0 saturated heterocycles. The number of nitrogens with one attached hydrogen (secondary N) is 1. The van der Waals surface area contributed by atoms with E-state index in [2.05, 4.69) is 14.8 Å². The molecule has 2 heterocycles. The van der Waals surface area contributed by atoms with Gasteiger partial charge < -0.3 is 14.8 Å². The van der Waals surface area contributed by atoms with E-state index in [1.165, 1.54) is 6.07 Å². The number of nitro groups is 1. The molecule has 0 unspecified atom stereocenters. The highest BCUT2D eigenvalue weighted by atomic mass is 32.1. The van der Waals surface area contributed by atoms with Crippen LogP contribution in [0.3, 0.4) is 0 Å². The van der Waals surface area contributed by atoms with E-state index < -0.39 is 0 Å². The van der Waals surface area contributed by atoms with Crippen molar-refractivity contribution >= 4 is 28.7 Å². The van der Waals surface area contributed by atoms with Crippen LogP contribution < -0.4 is 5.32 Å². The van der Waals surface area contributed by atoms with Crippen LogP contribution >= 0.6 is 12.2 Å². The normalized spacial score (nSPS) is 15.9. The van der Waals surface area contributed by atoms with Gasteiger partial charge in [0.2, 0.25) is 0 Å². The summed E-state index contributed by atoms with van der Waals surface area (Å²) >= 11 is 5.69. The number of non-ortho nitro benzene ring substituents is 1. The molecule has 2 aromatic carbocycles. The first-order chi connectivity index (χ1) is 13.1. The third kappa shape index (κ3) is 3.41. The highest BCUT2D eigenvalue weighted by molar-refractivity contribution is 7.80. The molecule has 4 rings (SSSR count). The summed E-state index contributed by atoms with van der Waals surface area (Å²) in [5.41, 5.74) is 2.92. The van der Waals surface area contributed by atoms with Crippen LogP contribution in [0.4, 0.5) is 11.4 Å². The third-order valence-corrected chi connectivity index (χ3v) is 5.06. The number of hydrogen-bond donors (Lipinski definition) is 1. The van der Waals surface area contributed by atoms with Gasteiger partial charge in [-0.2, -0.15) is 0 Å². The molecule has 0 fully saturated rings. The molecule has 1 atom stereocenters. The van der Waals surface area contributed by atoms with E-state index >= 15 is 0 Å². The molecule has 7 heteroatoms. The van der Waals surface area contributed by atoms with Crippen LogP contribution in [0.25, 0.3) is 0 Å². The van der Waals surface area contributed by atoms with Crippen molar-refractivity contribution in [2.45, 2.75) is 12.6 Å². The summed E-state index contributed by atoms with van der Waals surface area (Å²) in [6.07, 6.45) is 2.03. The van der Waals surface area contributed by atoms with Crippen molar-refractivity contribution in [1.82, 2.24) is 9.47 Å². The largest absolute Gasteiger partial charge is 0.348 e. The molecule has 0 radical (unpaired) electrons. The molecule has 1 aliphatic heterocycles. The minimum atomic E-state index is -0.365. The van der Waals surface area contributed by atoms with Crippen LogP contribution in [-0.4, -0.2) is 26.0 Å². The lowest BCUT2D eigenvalue weighted by molar-refractivity contribution is -0.384. The predicted octanol–water partition coefficient (Wildman–Crippen LogP) is 4.20. The molecule has 0 aliphatic carbocycles. The van der Waals surface area contributed by atoms with Gasteiger partial charge in [0.05, 0.1) is 11.0 Å². The van der Waals surface area contributed by atoms with E-state index in [4.69, 9.17) is 12.2 Å². The van der Waals surface area contributed by atoms with Crippen molar-refractivity contribution in [3.63, 3.8) is 0 Å². The molecule has 1 N–H and O–H groups in total.